The molecule has 0 aromatic carbocycles. The van der Waals surface area contributed by atoms with Gasteiger partial charge in [-0.1, -0.05) is 5.57 Å². The van der Waals surface area contributed by atoms with Gasteiger partial charge < -0.3 is 0 Å². The molecule has 2 heterocycles. The van der Waals surface area contributed by atoms with E-state index in [0.29, 0.717) is 6.54 Å². The fourth-order valence-corrected chi connectivity index (χ4v) is 2.96. The van der Waals surface area contributed by atoms with E-state index in [1.54, 1.807) is 11.9 Å². The molecule has 0 saturated carbocycles. The van der Waals surface area contributed by atoms with E-state index in [1.807, 2.05) is 10.9 Å². The van der Waals surface area contributed by atoms with Crippen molar-refractivity contribution in [3.63, 3.8) is 0 Å². The number of rotatable bonds is 0. The van der Waals surface area contributed by atoms with Gasteiger partial charge in [-0.05, 0) is 24.8 Å². The van der Waals surface area contributed by atoms with Crippen LogP contribution in [-0.4, -0.2) is 21.0 Å². The number of fused-ring (bicyclic) bond motifs is 3. The third-order valence-electron chi connectivity index (χ3n) is 3.68. The second-order valence-corrected chi connectivity index (χ2v) is 4.53. The van der Waals surface area contributed by atoms with E-state index in [0.717, 1.165) is 12.2 Å². The highest BCUT2D eigenvalue weighted by Crippen LogP contribution is 2.44. The lowest BCUT2D eigenvalue weighted by molar-refractivity contribution is 0.786. The first-order chi connectivity index (χ1) is 7.93. The molecule has 0 fully saturated rings. The Bertz CT molecular complexity index is 559. The van der Waals surface area contributed by atoms with Gasteiger partial charge in [-0.25, -0.2) is 9.67 Å². The van der Waals surface area contributed by atoms with Crippen molar-refractivity contribution < 1.29 is 0 Å². The maximum Gasteiger partial charge on any atom is 0.153 e. The van der Waals surface area contributed by atoms with Crippen molar-refractivity contribution in [3.05, 3.63) is 28.9 Å². The standard InChI is InChI=1S/C12H12N4/c1-2-8-4-11-10(9(8)3-1)5-13-6-12-14-7-15-16(11)12/h5,7H,1-4,6H2. The molecule has 4 rings (SSSR count). The molecule has 0 N–H and O–H groups in total. The summed E-state index contributed by atoms with van der Waals surface area (Å²) >= 11 is 0. The van der Waals surface area contributed by atoms with Crippen molar-refractivity contribution in [2.24, 2.45) is 4.99 Å². The van der Waals surface area contributed by atoms with Crippen LogP contribution >= 0.6 is 0 Å². The summed E-state index contributed by atoms with van der Waals surface area (Å²) in [5.41, 5.74) is 5.73. The average molecular weight is 212 g/mol. The topological polar surface area (TPSA) is 43.1 Å². The van der Waals surface area contributed by atoms with Gasteiger partial charge in [0, 0.05) is 18.2 Å². The third kappa shape index (κ3) is 0.965. The Morgan fingerprint density at radius 1 is 1.25 bits per heavy atom. The summed E-state index contributed by atoms with van der Waals surface area (Å²) in [6.45, 7) is 0.648. The van der Waals surface area contributed by atoms with Crippen LogP contribution in [0.4, 0.5) is 0 Å². The van der Waals surface area contributed by atoms with Crippen LogP contribution in [0.2, 0.25) is 0 Å². The summed E-state index contributed by atoms with van der Waals surface area (Å²) in [4.78, 5) is 8.70. The molecule has 2 aliphatic carbocycles. The quantitative estimate of drug-likeness (QED) is 0.659. The molecule has 1 aromatic heterocycles. The Hall–Kier alpha value is -1.71. The fraction of sp³-hybridized carbons (Fsp3) is 0.417. The lowest BCUT2D eigenvalue weighted by atomic mass is 10.1. The molecule has 0 amide bonds. The predicted molar refractivity (Wildman–Crippen MR) is 60.9 cm³/mol. The lowest BCUT2D eigenvalue weighted by Gasteiger charge is -2.07. The normalized spacial score (nSPS) is 22.2. The number of hydrogen-bond acceptors (Lipinski definition) is 3. The minimum Gasteiger partial charge on any atom is -0.284 e. The summed E-state index contributed by atoms with van der Waals surface area (Å²) in [7, 11) is 0. The summed E-state index contributed by atoms with van der Waals surface area (Å²) in [5.74, 6) is 0.961. The van der Waals surface area contributed by atoms with Crippen LogP contribution in [-0.2, 0) is 6.54 Å². The highest BCUT2D eigenvalue weighted by molar-refractivity contribution is 5.96. The van der Waals surface area contributed by atoms with Crippen molar-refractivity contribution >= 4 is 11.9 Å². The highest BCUT2D eigenvalue weighted by Gasteiger charge is 2.29. The first-order valence-corrected chi connectivity index (χ1v) is 5.77. The summed E-state index contributed by atoms with van der Waals surface area (Å²) < 4.78 is 1.99. The number of aliphatic imine (C=N–C) groups is 1. The Balaban J connectivity index is 1.92. The summed E-state index contributed by atoms with van der Waals surface area (Å²) in [5, 5.41) is 4.33. The number of aromatic nitrogens is 3. The van der Waals surface area contributed by atoms with Gasteiger partial charge in [-0.3, -0.25) is 4.99 Å². The molecule has 0 radical (unpaired) electrons. The average Bonchev–Trinajstić information content (AvgIpc) is 2.93. The maximum atomic E-state index is 4.45. The van der Waals surface area contributed by atoms with E-state index in [1.165, 1.54) is 36.1 Å². The number of hydrogen-bond donors (Lipinski definition) is 0. The molecule has 0 spiro atoms. The van der Waals surface area contributed by atoms with Crippen LogP contribution in [0, 0.1) is 0 Å². The monoisotopic (exact) mass is 212 g/mol. The van der Waals surface area contributed by atoms with Crippen LogP contribution in [0.1, 0.15) is 31.5 Å². The van der Waals surface area contributed by atoms with Gasteiger partial charge in [0.15, 0.2) is 5.82 Å². The van der Waals surface area contributed by atoms with Crippen LogP contribution < -0.4 is 0 Å². The Kier molecular flexibility index (Phi) is 1.53. The van der Waals surface area contributed by atoms with Gasteiger partial charge in [-0.15, -0.1) is 0 Å². The molecule has 1 aromatic rings. The van der Waals surface area contributed by atoms with Gasteiger partial charge in [0.2, 0.25) is 0 Å². The minimum absolute atomic E-state index is 0.648. The molecule has 16 heavy (non-hydrogen) atoms. The first kappa shape index (κ1) is 8.44. The van der Waals surface area contributed by atoms with Crippen molar-refractivity contribution in [2.45, 2.75) is 32.2 Å². The predicted octanol–water partition coefficient (Wildman–Crippen LogP) is 1.96. The lowest BCUT2D eigenvalue weighted by Crippen LogP contribution is -2.04. The zero-order chi connectivity index (χ0) is 10.5. The fourth-order valence-electron chi connectivity index (χ4n) is 2.96. The molecular formula is C12H12N4. The van der Waals surface area contributed by atoms with Crippen LogP contribution in [0.3, 0.4) is 0 Å². The molecule has 80 valence electrons. The Morgan fingerprint density at radius 2 is 2.25 bits per heavy atom. The van der Waals surface area contributed by atoms with E-state index in [9.17, 15) is 0 Å². The van der Waals surface area contributed by atoms with E-state index in [2.05, 4.69) is 15.1 Å². The number of nitrogens with zero attached hydrogens (tertiary/aromatic N) is 4. The Labute approximate surface area is 93.4 Å². The molecule has 1 aliphatic heterocycles. The third-order valence-corrected chi connectivity index (χ3v) is 3.68. The van der Waals surface area contributed by atoms with Crippen molar-refractivity contribution in [2.75, 3.05) is 0 Å². The molecular weight excluding hydrogens is 200 g/mol. The molecule has 0 atom stereocenters. The van der Waals surface area contributed by atoms with Gasteiger partial charge >= 0.3 is 0 Å². The van der Waals surface area contributed by atoms with Crippen molar-refractivity contribution in [1.82, 2.24) is 14.8 Å². The molecule has 0 saturated heterocycles. The zero-order valence-electron chi connectivity index (χ0n) is 8.98. The Morgan fingerprint density at radius 3 is 3.25 bits per heavy atom. The zero-order valence-corrected chi connectivity index (χ0v) is 8.98. The van der Waals surface area contributed by atoms with Crippen LogP contribution in [0.25, 0.3) is 5.70 Å². The van der Waals surface area contributed by atoms with Crippen molar-refractivity contribution in [3.8, 4) is 0 Å². The molecule has 0 unspecified atom stereocenters. The van der Waals surface area contributed by atoms with Gasteiger partial charge in [0.05, 0.1) is 12.2 Å². The first-order valence-electron chi connectivity index (χ1n) is 5.77. The highest BCUT2D eigenvalue weighted by atomic mass is 15.3. The molecule has 4 heteroatoms. The molecule has 4 nitrogen and oxygen atoms in total. The summed E-state index contributed by atoms with van der Waals surface area (Å²) in [6, 6.07) is 0. The van der Waals surface area contributed by atoms with Crippen LogP contribution in [0.15, 0.2) is 28.0 Å². The summed E-state index contributed by atoms with van der Waals surface area (Å²) in [6.07, 6.45) is 8.47. The molecule has 0 bridgehead atoms. The van der Waals surface area contributed by atoms with Gasteiger partial charge in [0.1, 0.15) is 6.33 Å². The van der Waals surface area contributed by atoms with E-state index < -0.39 is 0 Å². The van der Waals surface area contributed by atoms with Gasteiger partial charge in [-0.2, -0.15) is 5.10 Å². The second kappa shape index (κ2) is 2.90. The van der Waals surface area contributed by atoms with E-state index >= 15 is 0 Å². The number of allylic oxidation sites excluding steroid dienone is 4. The SMILES string of the molecule is C1=NCc2ncnn2C2=C1C1=C(CCC1)C2. The van der Waals surface area contributed by atoms with Crippen LogP contribution in [0.5, 0.6) is 0 Å². The largest absolute Gasteiger partial charge is 0.284 e. The van der Waals surface area contributed by atoms with Gasteiger partial charge in [0.25, 0.3) is 0 Å². The van der Waals surface area contributed by atoms with E-state index in [-0.39, 0.29) is 0 Å². The second-order valence-electron chi connectivity index (χ2n) is 4.53. The molecule has 3 aliphatic rings. The minimum atomic E-state index is 0.648. The maximum absolute atomic E-state index is 4.45. The van der Waals surface area contributed by atoms with Crippen molar-refractivity contribution in [1.29, 1.82) is 0 Å². The smallest absolute Gasteiger partial charge is 0.153 e. The van der Waals surface area contributed by atoms with E-state index in [4.69, 9.17) is 0 Å².